The molecule has 3 atom stereocenters. The first kappa shape index (κ1) is 26.4. The highest BCUT2D eigenvalue weighted by atomic mass is 32.2. The second kappa shape index (κ2) is 10.6. The van der Waals surface area contributed by atoms with Crippen molar-refractivity contribution in [1.29, 1.82) is 0 Å². The number of benzene rings is 3. The van der Waals surface area contributed by atoms with Crippen LogP contribution in [0.25, 0.3) is 0 Å². The summed E-state index contributed by atoms with van der Waals surface area (Å²) in [6.45, 7) is 0.296. The molecule has 0 saturated heterocycles. The first-order chi connectivity index (χ1) is 19.3. The maximum atomic E-state index is 14.4. The fraction of sp³-hybridized carbons (Fsp3) is 0.290. The number of carbonyl (C=O) groups is 1. The van der Waals surface area contributed by atoms with E-state index in [0.29, 0.717) is 18.7 Å². The van der Waals surface area contributed by atoms with Crippen LogP contribution in [0.3, 0.4) is 0 Å². The van der Waals surface area contributed by atoms with Gasteiger partial charge in [-0.15, -0.1) is 0 Å². The normalized spacial score (nSPS) is 20.1. The van der Waals surface area contributed by atoms with Gasteiger partial charge in [-0.3, -0.25) is 4.79 Å². The lowest BCUT2D eigenvalue weighted by Crippen LogP contribution is -2.34. The van der Waals surface area contributed by atoms with E-state index < -0.39 is 21.9 Å². The van der Waals surface area contributed by atoms with Crippen molar-refractivity contribution in [3.63, 3.8) is 0 Å². The second-order valence-corrected chi connectivity index (χ2v) is 12.3. The zero-order valence-corrected chi connectivity index (χ0v) is 23.0. The van der Waals surface area contributed by atoms with Crippen molar-refractivity contribution in [2.45, 2.75) is 49.1 Å². The number of hydrogen-bond donors (Lipinski definition) is 1. The average Bonchev–Trinajstić information content (AvgIpc) is 3.66. The average molecular weight is 559 g/mol. The molecule has 206 valence electrons. The van der Waals surface area contributed by atoms with Crippen molar-refractivity contribution < 1.29 is 17.6 Å². The minimum atomic E-state index is -4.09. The molecular formula is C31H31FN4O3S. The second-order valence-electron chi connectivity index (χ2n) is 10.6. The van der Waals surface area contributed by atoms with Crippen LogP contribution in [0, 0.1) is 11.7 Å². The molecule has 0 aliphatic heterocycles. The van der Waals surface area contributed by atoms with Gasteiger partial charge in [-0.25, -0.2) is 22.5 Å². The molecule has 0 radical (unpaired) electrons. The Morgan fingerprint density at radius 2 is 1.88 bits per heavy atom. The van der Waals surface area contributed by atoms with Crippen molar-refractivity contribution in [1.82, 2.24) is 14.3 Å². The summed E-state index contributed by atoms with van der Waals surface area (Å²) in [5, 5.41) is 0. The highest BCUT2D eigenvalue weighted by molar-refractivity contribution is 7.89. The van der Waals surface area contributed by atoms with Gasteiger partial charge < -0.3 is 9.47 Å². The molecule has 6 rings (SSSR count). The van der Waals surface area contributed by atoms with Gasteiger partial charge in [0.15, 0.2) is 0 Å². The highest BCUT2D eigenvalue weighted by Crippen LogP contribution is 2.49. The van der Waals surface area contributed by atoms with Crippen LogP contribution in [0.2, 0.25) is 0 Å². The minimum absolute atomic E-state index is 0.0242. The molecule has 0 spiro atoms. The number of hydrogen-bond acceptors (Lipinski definition) is 4. The molecule has 1 N–H and O–H groups in total. The number of rotatable bonds is 8. The largest absolute Gasteiger partial charge is 0.337 e. The van der Waals surface area contributed by atoms with Gasteiger partial charge in [0.1, 0.15) is 16.5 Å². The van der Waals surface area contributed by atoms with Crippen LogP contribution in [0.4, 0.5) is 10.1 Å². The number of imidazole rings is 1. The van der Waals surface area contributed by atoms with Crippen LogP contribution in [-0.2, 0) is 34.8 Å². The molecule has 40 heavy (non-hydrogen) atoms. The fourth-order valence-corrected chi connectivity index (χ4v) is 7.04. The Bertz CT molecular complexity index is 1650. The van der Waals surface area contributed by atoms with Gasteiger partial charge >= 0.3 is 0 Å². The Morgan fingerprint density at radius 3 is 2.62 bits per heavy atom. The Labute approximate surface area is 233 Å². The summed E-state index contributed by atoms with van der Waals surface area (Å²) in [6, 6.07) is 20.8. The molecule has 4 aromatic rings. The summed E-state index contributed by atoms with van der Waals surface area (Å²) in [4.78, 5) is 19.8. The lowest BCUT2D eigenvalue weighted by molar-refractivity contribution is -0.120. The number of amides is 1. The van der Waals surface area contributed by atoms with Crippen molar-refractivity contribution in [3.05, 3.63) is 114 Å². The van der Waals surface area contributed by atoms with E-state index in [-0.39, 0.29) is 22.6 Å². The first-order valence-corrected chi connectivity index (χ1v) is 15.0. The van der Waals surface area contributed by atoms with Crippen molar-refractivity contribution in [2.24, 2.45) is 13.0 Å². The van der Waals surface area contributed by atoms with Crippen LogP contribution in [-0.4, -0.2) is 23.9 Å². The minimum Gasteiger partial charge on any atom is -0.337 e. The number of carbonyl (C=O) groups excluding carboxylic acids is 1. The summed E-state index contributed by atoms with van der Waals surface area (Å²) in [7, 11) is -2.19. The Balaban J connectivity index is 1.32. The van der Waals surface area contributed by atoms with E-state index >= 15 is 0 Å². The number of aromatic nitrogens is 2. The van der Waals surface area contributed by atoms with Gasteiger partial charge in [0, 0.05) is 37.1 Å². The van der Waals surface area contributed by atoms with E-state index in [1.807, 2.05) is 54.2 Å². The summed E-state index contributed by atoms with van der Waals surface area (Å²) >= 11 is 0. The number of halogens is 1. The van der Waals surface area contributed by atoms with E-state index in [2.05, 4.69) is 21.8 Å². The Morgan fingerprint density at radius 1 is 1.10 bits per heavy atom. The molecule has 1 saturated carbocycles. The predicted molar refractivity (Wildman–Crippen MR) is 151 cm³/mol. The highest BCUT2D eigenvalue weighted by Gasteiger charge is 2.46. The standard InChI is InChI=1S/C31H31FN4O3S/c1-35-17-16-33-30(35)20-36(31(37)26-19-24(26)21-8-3-2-4-9-21)23-15-14-22-10-7-12-28(25(22)18-23)34-40(38,39)29-13-6-5-11-27(29)32/h2-6,8-9,11,13-18,24,26,28,34H,7,10,12,19-20H2,1H3/t24-,26-,28+/m0/s1. The van der Waals surface area contributed by atoms with Gasteiger partial charge in [-0.2, -0.15) is 0 Å². The monoisotopic (exact) mass is 558 g/mol. The SMILES string of the molecule is Cn1ccnc1CN(C(=O)[C@H]1C[C@H]1c1ccccc1)c1ccc2c(c1)[C@H](NS(=O)(=O)c1ccccc1F)CCC2. The lowest BCUT2D eigenvalue weighted by atomic mass is 9.87. The van der Waals surface area contributed by atoms with E-state index in [9.17, 15) is 17.6 Å². The van der Waals surface area contributed by atoms with Crippen molar-refractivity contribution in [2.75, 3.05) is 4.90 Å². The molecule has 1 fully saturated rings. The molecule has 1 aromatic heterocycles. The summed E-state index contributed by atoms with van der Waals surface area (Å²) in [5.41, 5.74) is 3.69. The molecule has 9 heteroatoms. The molecular weight excluding hydrogens is 527 g/mol. The number of nitrogens with zero attached hydrogens (tertiary/aromatic N) is 3. The van der Waals surface area contributed by atoms with E-state index in [1.54, 1.807) is 11.1 Å². The van der Waals surface area contributed by atoms with Gasteiger partial charge in [-0.1, -0.05) is 48.5 Å². The number of aryl methyl sites for hydroxylation is 2. The topological polar surface area (TPSA) is 84.3 Å². The molecule has 1 amide bonds. The summed E-state index contributed by atoms with van der Waals surface area (Å²) in [5.74, 6) is 0.0319. The molecule has 0 bridgehead atoms. The van der Waals surface area contributed by atoms with Crippen LogP contribution in [0.5, 0.6) is 0 Å². The molecule has 7 nitrogen and oxygen atoms in total. The predicted octanol–water partition coefficient (Wildman–Crippen LogP) is 5.25. The van der Waals surface area contributed by atoms with Crippen LogP contribution < -0.4 is 9.62 Å². The molecule has 0 unspecified atom stereocenters. The number of anilines is 1. The Hall–Kier alpha value is -3.82. The van der Waals surface area contributed by atoms with Gasteiger partial charge in [0.2, 0.25) is 15.9 Å². The molecule has 2 aliphatic rings. The third-order valence-corrected chi connectivity index (χ3v) is 9.51. The van der Waals surface area contributed by atoms with Crippen LogP contribution >= 0.6 is 0 Å². The molecule has 2 aliphatic carbocycles. The van der Waals surface area contributed by atoms with Gasteiger partial charge in [-0.05, 0) is 72.6 Å². The van der Waals surface area contributed by atoms with Crippen molar-refractivity contribution in [3.8, 4) is 0 Å². The first-order valence-electron chi connectivity index (χ1n) is 13.5. The molecule has 3 aromatic carbocycles. The Kier molecular flexibility index (Phi) is 7.02. The van der Waals surface area contributed by atoms with Crippen LogP contribution in [0.1, 0.15) is 53.7 Å². The van der Waals surface area contributed by atoms with Crippen molar-refractivity contribution >= 4 is 21.6 Å². The smallest absolute Gasteiger partial charge is 0.244 e. The maximum absolute atomic E-state index is 14.4. The zero-order valence-electron chi connectivity index (χ0n) is 22.2. The van der Waals surface area contributed by atoms with Gasteiger partial charge in [0.25, 0.3) is 0 Å². The number of nitrogens with one attached hydrogen (secondary N) is 1. The summed E-state index contributed by atoms with van der Waals surface area (Å²) < 4.78 is 45.3. The zero-order chi connectivity index (χ0) is 27.9. The quantitative estimate of drug-likeness (QED) is 0.320. The van der Waals surface area contributed by atoms with E-state index in [1.165, 1.54) is 18.2 Å². The van der Waals surface area contributed by atoms with Crippen LogP contribution in [0.15, 0.2) is 90.1 Å². The maximum Gasteiger partial charge on any atom is 0.244 e. The number of fused-ring (bicyclic) bond motifs is 1. The van der Waals surface area contributed by atoms with E-state index in [4.69, 9.17) is 0 Å². The number of sulfonamides is 1. The van der Waals surface area contributed by atoms with E-state index in [0.717, 1.165) is 47.8 Å². The molecule has 1 heterocycles. The lowest BCUT2D eigenvalue weighted by Gasteiger charge is -2.29. The third-order valence-electron chi connectivity index (χ3n) is 8.00. The van der Waals surface area contributed by atoms with Gasteiger partial charge in [0.05, 0.1) is 6.54 Å². The summed E-state index contributed by atoms with van der Waals surface area (Å²) in [6.07, 6.45) is 6.53. The fourth-order valence-electron chi connectivity index (χ4n) is 5.71. The third kappa shape index (κ3) is 5.19.